The molecule has 0 radical (unpaired) electrons. The van der Waals surface area contributed by atoms with E-state index in [4.69, 9.17) is 0 Å². The number of rotatable bonds is 7. The van der Waals surface area contributed by atoms with Crippen molar-refractivity contribution in [3.63, 3.8) is 0 Å². The Morgan fingerprint density at radius 3 is 2.56 bits per heavy atom. The summed E-state index contributed by atoms with van der Waals surface area (Å²) in [5.74, 6) is 0.380. The third-order valence-corrected chi connectivity index (χ3v) is 2.96. The fourth-order valence-corrected chi connectivity index (χ4v) is 1.86. The zero-order valence-electron chi connectivity index (χ0n) is 10.5. The zero-order chi connectivity index (χ0) is 11.8. The van der Waals surface area contributed by atoms with Gasteiger partial charge < -0.3 is 0 Å². The second-order valence-corrected chi connectivity index (χ2v) is 4.45. The van der Waals surface area contributed by atoms with Gasteiger partial charge >= 0.3 is 0 Å². The number of carbonyl (C=O) groups is 1. The van der Waals surface area contributed by atoms with E-state index in [0.717, 1.165) is 12.8 Å². The molecule has 0 aliphatic heterocycles. The van der Waals surface area contributed by atoms with Gasteiger partial charge in [0.1, 0.15) is 5.78 Å². The third-order valence-electron chi connectivity index (χ3n) is 2.96. The molecule has 0 aliphatic carbocycles. The van der Waals surface area contributed by atoms with Crippen LogP contribution in [0, 0.1) is 6.92 Å². The van der Waals surface area contributed by atoms with Crippen molar-refractivity contribution in [2.24, 2.45) is 0 Å². The SMILES string of the molecule is CCCCCCC(=O)Cc1ccccc1C. The number of Topliss-reactive ketones (excluding diaryl/α,β-unsaturated/α-hetero) is 1. The minimum atomic E-state index is 0.380. The molecule has 0 saturated carbocycles. The summed E-state index contributed by atoms with van der Waals surface area (Å²) in [6.07, 6.45) is 6.07. The topological polar surface area (TPSA) is 17.1 Å². The number of aryl methyl sites for hydroxylation is 1. The van der Waals surface area contributed by atoms with Crippen LogP contribution < -0.4 is 0 Å². The summed E-state index contributed by atoms with van der Waals surface area (Å²) in [5, 5.41) is 0. The highest BCUT2D eigenvalue weighted by molar-refractivity contribution is 5.81. The molecule has 16 heavy (non-hydrogen) atoms. The van der Waals surface area contributed by atoms with Gasteiger partial charge in [-0.1, -0.05) is 50.5 Å². The number of hydrogen-bond acceptors (Lipinski definition) is 1. The Labute approximate surface area is 98.9 Å². The molecular weight excluding hydrogens is 196 g/mol. The molecular formula is C15H22O. The Morgan fingerprint density at radius 1 is 1.12 bits per heavy atom. The second kappa shape index (κ2) is 7.21. The maximum absolute atomic E-state index is 11.7. The highest BCUT2D eigenvalue weighted by atomic mass is 16.1. The van der Waals surface area contributed by atoms with Crippen LogP contribution in [0.25, 0.3) is 0 Å². The highest BCUT2D eigenvalue weighted by Gasteiger charge is 2.05. The lowest BCUT2D eigenvalue weighted by atomic mass is 10.0. The van der Waals surface area contributed by atoms with Crippen molar-refractivity contribution in [2.45, 2.75) is 52.4 Å². The fourth-order valence-electron chi connectivity index (χ4n) is 1.86. The number of benzene rings is 1. The van der Waals surface area contributed by atoms with Crippen LogP contribution in [0.3, 0.4) is 0 Å². The second-order valence-electron chi connectivity index (χ2n) is 4.45. The van der Waals surface area contributed by atoms with E-state index in [1.54, 1.807) is 0 Å². The summed E-state index contributed by atoms with van der Waals surface area (Å²) in [4.78, 5) is 11.7. The lowest BCUT2D eigenvalue weighted by molar-refractivity contribution is -0.118. The van der Waals surface area contributed by atoms with Crippen molar-refractivity contribution >= 4 is 5.78 Å². The van der Waals surface area contributed by atoms with Crippen molar-refractivity contribution < 1.29 is 4.79 Å². The smallest absolute Gasteiger partial charge is 0.137 e. The molecule has 0 unspecified atom stereocenters. The van der Waals surface area contributed by atoms with Crippen LogP contribution in [0.5, 0.6) is 0 Å². The van der Waals surface area contributed by atoms with E-state index in [1.165, 1.54) is 30.4 Å². The quantitative estimate of drug-likeness (QED) is 0.630. The van der Waals surface area contributed by atoms with Gasteiger partial charge in [0.25, 0.3) is 0 Å². The van der Waals surface area contributed by atoms with E-state index in [-0.39, 0.29) is 0 Å². The molecule has 0 bridgehead atoms. The Balaban J connectivity index is 2.32. The van der Waals surface area contributed by atoms with Gasteiger partial charge in [-0.25, -0.2) is 0 Å². The molecule has 0 saturated heterocycles. The highest BCUT2D eigenvalue weighted by Crippen LogP contribution is 2.11. The molecule has 0 aliphatic rings. The van der Waals surface area contributed by atoms with E-state index in [2.05, 4.69) is 26.0 Å². The predicted molar refractivity (Wildman–Crippen MR) is 68.6 cm³/mol. The van der Waals surface area contributed by atoms with Gasteiger partial charge in [-0.05, 0) is 24.5 Å². The molecule has 1 heteroatoms. The maximum Gasteiger partial charge on any atom is 0.137 e. The summed E-state index contributed by atoms with van der Waals surface area (Å²) >= 11 is 0. The summed E-state index contributed by atoms with van der Waals surface area (Å²) < 4.78 is 0. The van der Waals surface area contributed by atoms with Crippen molar-refractivity contribution in [1.82, 2.24) is 0 Å². The van der Waals surface area contributed by atoms with Gasteiger partial charge in [-0.3, -0.25) is 4.79 Å². The number of hydrogen-bond donors (Lipinski definition) is 0. The Hall–Kier alpha value is -1.11. The monoisotopic (exact) mass is 218 g/mol. The van der Waals surface area contributed by atoms with Crippen LogP contribution >= 0.6 is 0 Å². The Bertz CT molecular complexity index is 328. The molecule has 0 spiro atoms. The van der Waals surface area contributed by atoms with Crippen molar-refractivity contribution in [3.05, 3.63) is 35.4 Å². The average molecular weight is 218 g/mol. The summed E-state index contributed by atoms with van der Waals surface area (Å²) in [5.41, 5.74) is 2.41. The molecule has 0 N–H and O–H groups in total. The van der Waals surface area contributed by atoms with Crippen LogP contribution in [0.4, 0.5) is 0 Å². The van der Waals surface area contributed by atoms with Crippen LogP contribution in [-0.4, -0.2) is 5.78 Å². The normalized spacial score (nSPS) is 10.4. The van der Waals surface area contributed by atoms with Gasteiger partial charge in [0.05, 0.1) is 0 Å². The molecule has 88 valence electrons. The minimum absolute atomic E-state index is 0.380. The van der Waals surface area contributed by atoms with Gasteiger partial charge in [-0.15, -0.1) is 0 Å². The van der Waals surface area contributed by atoms with Crippen molar-refractivity contribution in [2.75, 3.05) is 0 Å². The Kier molecular flexibility index (Phi) is 5.84. The third kappa shape index (κ3) is 4.61. The predicted octanol–water partition coefficient (Wildman–Crippen LogP) is 4.08. The number of carbonyl (C=O) groups excluding carboxylic acids is 1. The first-order valence-electron chi connectivity index (χ1n) is 6.30. The van der Waals surface area contributed by atoms with Crippen LogP contribution in [0.1, 0.15) is 50.2 Å². The maximum atomic E-state index is 11.7. The van der Waals surface area contributed by atoms with E-state index in [9.17, 15) is 4.79 Å². The number of ketones is 1. The molecule has 0 heterocycles. The van der Waals surface area contributed by atoms with E-state index in [0.29, 0.717) is 12.2 Å². The first-order chi connectivity index (χ1) is 7.74. The van der Waals surface area contributed by atoms with Crippen molar-refractivity contribution in [1.29, 1.82) is 0 Å². The van der Waals surface area contributed by atoms with Gasteiger partial charge in [0, 0.05) is 12.8 Å². The molecule has 1 nitrogen and oxygen atoms in total. The molecule has 1 aromatic rings. The van der Waals surface area contributed by atoms with Gasteiger partial charge in [0.2, 0.25) is 0 Å². The molecule has 1 rings (SSSR count). The lowest BCUT2D eigenvalue weighted by Crippen LogP contribution is -2.03. The molecule has 0 atom stereocenters. The first-order valence-corrected chi connectivity index (χ1v) is 6.30. The summed E-state index contributed by atoms with van der Waals surface area (Å²) in [7, 11) is 0. The van der Waals surface area contributed by atoms with E-state index >= 15 is 0 Å². The van der Waals surface area contributed by atoms with Crippen molar-refractivity contribution in [3.8, 4) is 0 Å². The zero-order valence-corrected chi connectivity index (χ0v) is 10.5. The van der Waals surface area contributed by atoms with E-state index < -0.39 is 0 Å². The Morgan fingerprint density at radius 2 is 1.88 bits per heavy atom. The molecule has 1 aromatic carbocycles. The van der Waals surface area contributed by atoms with Gasteiger partial charge in [0.15, 0.2) is 0 Å². The van der Waals surface area contributed by atoms with Gasteiger partial charge in [-0.2, -0.15) is 0 Å². The molecule has 0 aromatic heterocycles. The molecule has 0 fully saturated rings. The first kappa shape index (κ1) is 13.0. The minimum Gasteiger partial charge on any atom is -0.299 e. The summed E-state index contributed by atoms with van der Waals surface area (Å²) in [6.45, 7) is 4.26. The fraction of sp³-hybridized carbons (Fsp3) is 0.533. The summed E-state index contributed by atoms with van der Waals surface area (Å²) in [6, 6.07) is 8.15. The number of unbranched alkanes of at least 4 members (excludes halogenated alkanes) is 3. The van der Waals surface area contributed by atoms with Crippen LogP contribution in [0.2, 0.25) is 0 Å². The largest absolute Gasteiger partial charge is 0.299 e. The molecule has 0 amide bonds. The lowest BCUT2D eigenvalue weighted by Gasteiger charge is -2.04. The van der Waals surface area contributed by atoms with E-state index in [1.807, 2.05) is 12.1 Å². The van der Waals surface area contributed by atoms with Crippen LogP contribution in [-0.2, 0) is 11.2 Å². The average Bonchev–Trinajstić information content (AvgIpc) is 2.28. The standard InChI is InChI=1S/C15H22O/c1-3-4-5-6-11-15(16)12-14-10-8-7-9-13(14)2/h7-10H,3-6,11-12H2,1-2H3. The van der Waals surface area contributed by atoms with Crippen LogP contribution in [0.15, 0.2) is 24.3 Å².